The maximum Gasteiger partial charge on any atom is 0.461 e. The Morgan fingerprint density at radius 2 is 1.58 bits per heavy atom. The first kappa shape index (κ1) is 23.9. The third-order valence-electron chi connectivity index (χ3n) is 3.53. The molecule has 1 N–H and O–H groups in total. The van der Waals surface area contributed by atoms with Crippen molar-refractivity contribution in [1.82, 2.24) is 0 Å². The van der Waals surface area contributed by atoms with Crippen molar-refractivity contribution in [2.24, 2.45) is 0 Å². The number of nitro benzene ring substituents is 2. The molecule has 0 bridgehead atoms. The summed E-state index contributed by atoms with van der Waals surface area (Å²) in [5.41, 5.74) is -7.46. The van der Waals surface area contributed by atoms with Crippen LogP contribution in [0.25, 0.3) is 0 Å². The molecule has 2 aromatic carbocycles. The van der Waals surface area contributed by atoms with Crippen molar-refractivity contribution < 1.29 is 45.3 Å². The number of nitrogens with zero attached hydrogens (tertiary/aromatic N) is 2. The molecule has 0 fully saturated rings. The second-order valence-corrected chi connectivity index (χ2v) is 6.03. The van der Waals surface area contributed by atoms with Gasteiger partial charge in [-0.15, -0.1) is 0 Å². The number of alkyl halides is 7. The highest BCUT2D eigenvalue weighted by Gasteiger charge is 2.47. The lowest BCUT2D eigenvalue weighted by atomic mass is 10.1. The maximum atomic E-state index is 13.3. The minimum absolute atomic E-state index is 0.240. The van der Waals surface area contributed by atoms with Crippen LogP contribution in [0.5, 0.6) is 5.75 Å². The molecule has 0 spiro atoms. The lowest BCUT2D eigenvalue weighted by Crippen LogP contribution is -2.33. The normalized spacial score (nSPS) is 12.0. The van der Waals surface area contributed by atoms with Crippen LogP contribution >= 0.6 is 11.6 Å². The van der Waals surface area contributed by atoms with Gasteiger partial charge in [-0.3, -0.25) is 20.2 Å². The zero-order valence-corrected chi connectivity index (χ0v) is 15.2. The van der Waals surface area contributed by atoms with Gasteiger partial charge in [0.15, 0.2) is 0 Å². The number of benzene rings is 2. The van der Waals surface area contributed by atoms with Crippen molar-refractivity contribution in [2.45, 2.75) is 18.7 Å². The summed E-state index contributed by atoms with van der Waals surface area (Å²) in [5.74, 6) is -1.05. The van der Waals surface area contributed by atoms with E-state index in [1.54, 1.807) is 0 Å². The zero-order valence-electron chi connectivity index (χ0n) is 14.4. The van der Waals surface area contributed by atoms with Gasteiger partial charge in [-0.2, -0.15) is 30.7 Å². The summed E-state index contributed by atoms with van der Waals surface area (Å²) in [5, 5.41) is 23.9. The topological polar surface area (TPSA) is 108 Å². The predicted molar refractivity (Wildman–Crippen MR) is 91.1 cm³/mol. The summed E-state index contributed by atoms with van der Waals surface area (Å²) < 4.78 is 95.2. The quantitative estimate of drug-likeness (QED) is 0.291. The highest BCUT2D eigenvalue weighted by molar-refractivity contribution is 6.31. The molecule has 2 rings (SSSR count). The standard InChI is InChI=1S/C15H7ClF7N3O5/c16-6-1-4-10(31-15(22,23)13(17)18)8(5-6)24-7-2-3-9(25(27)28)11(14(19,20)21)12(7)26(29)30/h1-5,13,24H. The van der Waals surface area contributed by atoms with E-state index in [2.05, 4.69) is 4.74 Å². The number of nitrogens with one attached hydrogen (secondary N) is 1. The van der Waals surface area contributed by atoms with Gasteiger partial charge in [0.05, 0.1) is 15.5 Å². The number of hydrogen-bond donors (Lipinski definition) is 1. The van der Waals surface area contributed by atoms with Gasteiger partial charge in [-0.25, -0.2) is 0 Å². The average Bonchev–Trinajstić information content (AvgIpc) is 2.62. The van der Waals surface area contributed by atoms with Crippen molar-refractivity contribution in [2.75, 3.05) is 5.32 Å². The van der Waals surface area contributed by atoms with Gasteiger partial charge < -0.3 is 10.1 Å². The molecule has 0 aromatic heterocycles. The lowest BCUT2D eigenvalue weighted by molar-refractivity contribution is -0.399. The number of hydrogen-bond acceptors (Lipinski definition) is 6. The van der Waals surface area contributed by atoms with Crippen molar-refractivity contribution >= 4 is 34.4 Å². The molecule has 16 heteroatoms. The van der Waals surface area contributed by atoms with Gasteiger partial charge in [0.25, 0.3) is 5.69 Å². The van der Waals surface area contributed by atoms with Crippen LogP contribution in [0, 0.1) is 20.2 Å². The molecule has 0 amide bonds. The second-order valence-electron chi connectivity index (χ2n) is 5.60. The average molecular weight is 478 g/mol. The Morgan fingerprint density at radius 1 is 0.968 bits per heavy atom. The lowest BCUT2D eigenvalue weighted by Gasteiger charge is -2.20. The fourth-order valence-electron chi connectivity index (χ4n) is 2.33. The van der Waals surface area contributed by atoms with Crippen molar-refractivity contribution in [3.05, 3.63) is 61.1 Å². The minimum atomic E-state index is -5.56. The van der Waals surface area contributed by atoms with Gasteiger partial charge >= 0.3 is 24.4 Å². The van der Waals surface area contributed by atoms with Gasteiger partial charge in [0, 0.05) is 11.1 Å². The molecule has 31 heavy (non-hydrogen) atoms. The van der Waals surface area contributed by atoms with Gasteiger partial charge in [-0.05, 0) is 24.3 Å². The molecule has 0 aliphatic carbocycles. The molecule has 168 valence electrons. The highest BCUT2D eigenvalue weighted by atomic mass is 35.5. The van der Waals surface area contributed by atoms with E-state index in [-0.39, 0.29) is 11.1 Å². The number of rotatable bonds is 7. The van der Waals surface area contributed by atoms with Crippen LogP contribution in [0.15, 0.2) is 30.3 Å². The molecule has 0 unspecified atom stereocenters. The van der Waals surface area contributed by atoms with E-state index in [0.717, 1.165) is 12.1 Å². The Bertz CT molecular complexity index is 1030. The minimum Gasteiger partial charge on any atom is -0.426 e. The Hall–Kier alpha value is -3.36. The first-order valence-corrected chi connectivity index (χ1v) is 7.97. The van der Waals surface area contributed by atoms with E-state index in [1.807, 2.05) is 5.32 Å². The Kier molecular flexibility index (Phi) is 6.49. The Morgan fingerprint density at radius 3 is 2.06 bits per heavy atom. The monoisotopic (exact) mass is 477 g/mol. The zero-order chi connectivity index (χ0) is 23.7. The van der Waals surface area contributed by atoms with Crippen molar-refractivity contribution in [3.8, 4) is 5.75 Å². The van der Waals surface area contributed by atoms with Crippen LogP contribution in [0.3, 0.4) is 0 Å². The molecule has 8 nitrogen and oxygen atoms in total. The number of nitro groups is 2. The van der Waals surface area contributed by atoms with E-state index in [4.69, 9.17) is 11.6 Å². The van der Waals surface area contributed by atoms with Gasteiger partial charge in [0.2, 0.25) is 5.56 Å². The molecule has 0 saturated carbocycles. The molecule has 0 atom stereocenters. The largest absolute Gasteiger partial charge is 0.461 e. The third kappa shape index (κ3) is 5.22. The second kappa shape index (κ2) is 8.41. The number of ether oxygens (including phenoxy) is 1. The Labute approximate surface area is 171 Å². The Balaban J connectivity index is 2.69. The van der Waals surface area contributed by atoms with E-state index >= 15 is 0 Å². The smallest absolute Gasteiger partial charge is 0.426 e. The summed E-state index contributed by atoms with van der Waals surface area (Å²) >= 11 is 5.66. The van der Waals surface area contributed by atoms with Crippen LogP contribution in [-0.4, -0.2) is 22.4 Å². The summed E-state index contributed by atoms with van der Waals surface area (Å²) in [7, 11) is 0. The van der Waals surface area contributed by atoms with Crippen LogP contribution in [0.1, 0.15) is 5.56 Å². The molecule has 0 aliphatic rings. The highest BCUT2D eigenvalue weighted by Crippen LogP contribution is 2.47. The fraction of sp³-hybridized carbons (Fsp3) is 0.200. The summed E-state index contributed by atoms with van der Waals surface area (Å²) in [6, 6.07) is 3.10. The summed E-state index contributed by atoms with van der Waals surface area (Å²) in [6.07, 6.45) is -14.9. The number of anilines is 2. The van der Waals surface area contributed by atoms with Crippen LogP contribution < -0.4 is 10.1 Å². The SMILES string of the molecule is O=[N+]([O-])c1ccc(Nc2cc(Cl)ccc2OC(F)(F)C(F)F)c([N+](=O)[O-])c1C(F)(F)F. The summed E-state index contributed by atoms with van der Waals surface area (Å²) in [6.45, 7) is 0. The molecule has 0 aliphatic heterocycles. The molecule has 0 heterocycles. The first-order valence-electron chi connectivity index (χ1n) is 7.59. The molecular weight excluding hydrogens is 471 g/mol. The predicted octanol–water partition coefficient (Wildman–Crippen LogP) is 6.16. The van der Waals surface area contributed by atoms with Crippen LogP contribution in [0.4, 0.5) is 53.5 Å². The van der Waals surface area contributed by atoms with Crippen LogP contribution in [-0.2, 0) is 6.18 Å². The third-order valence-corrected chi connectivity index (χ3v) is 3.76. The van der Waals surface area contributed by atoms with Crippen molar-refractivity contribution in [1.29, 1.82) is 0 Å². The van der Waals surface area contributed by atoms with Gasteiger partial charge in [-0.1, -0.05) is 11.6 Å². The molecule has 2 aromatic rings. The van der Waals surface area contributed by atoms with E-state index in [9.17, 15) is 51.0 Å². The molecule has 0 saturated heterocycles. The molecular formula is C15H7ClF7N3O5. The summed E-state index contributed by atoms with van der Waals surface area (Å²) in [4.78, 5) is 19.1. The maximum absolute atomic E-state index is 13.3. The van der Waals surface area contributed by atoms with Gasteiger partial charge in [0.1, 0.15) is 11.4 Å². The van der Waals surface area contributed by atoms with E-state index in [0.29, 0.717) is 12.1 Å². The van der Waals surface area contributed by atoms with Crippen molar-refractivity contribution in [3.63, 3.8) is 0 Å². The fourth-order valence-corrected chi connectivity index (χ4v) is 2.50. The molecule has 0 radical (unpaired) electrons. The van der Waals surface area contributed by atoms with E-state index < -0.39 is 62.6 Å². The van der Waals surface area contributed by atoms with Crippen LogP contribution in [0.2, 0.25) is 5.02 Å². The van der Waals surface area contributed by atoms with E-state index in [1.165, 1.54) is 0 Å². The first-order chi connectivity index (χ1) is 14.1. The number of halogens is 8.